The molecule has 0 unspecified atom stereocenters. The number of ketones is 1. The Balaban J connectivity index is 1.78. The lowest BCUT2D eigenvalue weighted by atomic mass is 10.1. The molecule has 1 aliphatic rings. The van der Waals surface area contributed by atoms with Crippen LogP contribution in [0.2, 0.25) is 5.02 Å². The Labute approximate surface area is 166 Å². The second kappa shape index (κ2) is 7.10. The number of amides is 2. The highest BCUT2D eigenvalue weighted by Crippen LogP contribution is 2.48. The maximum Gasteiger partial charge on any atom is 0.331 e. The maximum atomic E-state index is 13.1. The summed E-state index contributed by atoms with van der Waals surface area (Å²) < 4.78 is 0. The molecular formula is C21H15ClN2O2S. The van der Waals surface area contributed by atoms with E-state index in [1.54, 1.807) is 53.1 Å². The standard InChI is InChI=1S/C21H15ClN2O2S/c1-13(25)14-6-11-20-18(12-14)24(17-4-2-3-5-19(17)27-20)21(26)23-16-9-7-15(22)8-10-16/h2-12H,1H3,(H,23,26). The van der Waals surface area contributed by atoms with Crippen molar-refractivity contribution in [2.45, 2.75) is 16.7 Å². The predicted molar refractivity (Wildman–Crippen MR) is 110 cm³/mol. The molecule has 1 heterocycles. The Hall–Kier alpha value is -2.76. The number of halogens is 1. The third kappa shape index (κ3) is 3.44. The Kier molecular flexibility index (Phi) is 4.64. The number of hydrogen-bond donors (Lipinski definition) is 1. The summed E-state index contributed by atoms with van der Waals surface area (Å²) >= 11 is 7.50. The van der Waals surface area contributed by atoms with Gasteiger partial charge in [0.15, 0.2) is 5.78 Å². The Bertz CT molecular complexity index is 1050. The van der Waals surface area contributed by atoms with E-state index < -0.39 is 0 Å². The van der Waals surface area contributed by atoms with Gasteiger partial charge in [0.2, 0.25) is 0 Å². The van der Waals surface area contributed by atoms with Crippen molar-refractivity contribution in [3.63, 3.8) is 0 Å². The highest BCUT2D eigenvalue weighted by molar-refractivity contribution is 7.99. The fourth-order valence-electron chi connectivity index (χ4n) is 2.91. The molecule has 0 bridgehead atoms. The average Bonchev–Trinajstić information content (AvgIpc) is 2.67. The van der Waals surface area contributed by atoms with Crippen molar-refractivity contribution in [1.29, 1.82) is 0 Å². The Morgan fingerprint density at radius 2 is 1.63 bits per heavy atom. The van der Waals surface area contributed by atoms with Gasteiger partial charge in [0.1, 0.15) is 0 Å². The van der Waals surface area contributed by atoms with Crippen LogP contribution in [0.5, 0.6) is 0 Å². The lowest BCUT2D eigenvalue weighted by Gasteiger charge is -2.31. The minimum Gasteiger partial charge on any atom is -0.307 e. The Morgan fingerprint density at radius 1 is 0.926 bits per heavy atom. The minimum absolute atomic E-state index is 0.0419. The highest BCUT2D eigenvalue weighted by Gasteiger charge is 2.28. The van der Waals surface area contributed by atoms with E-state index in [4.69, 9.17) is 11.6 Å². The fourth-order valence-corrected chi connectivity index (χ4v) is 4.07. The van der Waals surface area contributed by atoms with E-state index in [1.165, 1.54) is 6.92 Å². The van der Waals surface area contributed by atoms with Crippen molar-refractivity contribution in [3.8, 4) is 0 Å². The minimum atomic E-state index is -0.299. The fraction of sp³-hybridized carbons (Fsp3) is 0.0476. The van der Waals surface area contributed by atoms with Crippen molar-refractivity contribution in [2.24, 2.45) is 0 Å². The topological polar surface area (TPSA) is 49.4 Å². The van der Waals surface area contributed by atoms with Gasteiger partial charge >= 0.3 is 6.03 Å². The third-order valence-corrected chi connectivity index (χ3v) is 5.61. The summed E-state index contributed by atoms with van der Waals surface area (Å²) in [4.78, 5) is 28.5. The van der Waals surface area contributed by atoms with Crippen LogP contribution >= 0.6 is 23.4 Å². The van der Waals surface area contributed by atoms with Crippen LogP contribution < -0.4 is 10.2 Å². The van der Waals surface area contributed by atoms with E-state index in [1.807, 2.05) is 30.3 Å². The smallest absolute Gasteiger partial charge is 0.307 e. The summed E-state index contributed by atoms with van der Waals surface area (Å²) in [5.41, 5.74) is 2.68. The van der Waals surface area contributed by atoms with Crippen LogP contribution in [0.15, 0.2) is 76.5 Å². The monoisotopic (exact) mass is 394 g/mol. The van der Waals surface area contributed by atoms with Crippen molar-refractivity contribution >= 4 is 52.2 Å². The van der Waals surface area contributed by atoms with Crippen LogP contribution in [0.1, 0.15) is 17.3 Å². The van der Waals surface area contributed by atoms with E-state index >= 15 is 0 Å². The molecule has 3 aromatic carbocycles. The molecule has 27 heavy (non-hydrogen) atoms. The van der Waals surface area contributed by atoms with Gasteiger partial charge in [0, 0.05) is 26.1 Å². The molecular weight excluding hydrogens is 380 g/mol. The van der Waals surface area contributed by atoms with E-state index in [2.05, 4.69) is 5.32 Å². The number of carbonyl (C=O) groups excluding carboxylic acids is 2. The van der Waals surface area contributed by atoms with E-state index in [0.29, 0.717) is 22.0 Å². The molecule has 0 aromatic heterocycles. The van der Waals surface area contributed by atoms with Crippen LogP contribution in [0.4, 0.5) is 21.9 Å². The van der Waals surface area contributed by atoms with Crippen LogP contribution in [0.3, 0.4) is 0 Å². The van der Waals surface area contributed by atoms with Crippen LogP contribution in [0.25, 0.3) is 0 Å². The molecule has 4 rings (SSSR count). The number of carbonyl (C=O) groups is 2. The summed E-state index contributed by atoms with van der Waals surface area (Å²) in [5, 5.41) is 3.50. The molecule has 134 valence electrons. The zero-order chi connectivity index (χ0) is 19.0. The number of Topliss-reactive ketones (excluding diaryl/α,β-unsaturated/α-hetero) is 1. The molecule has 0 atom stereocenters. The number of rotatable bonds is 2. The largest absolute Gasteiger partial charge is 0.331 e. The summed E-state index contributed by atoms with van der Waals surface area (Å²) in [6.45, 7) is 1.52. The van der Waals surface area contributed by atoms with Crippen molar-refractivity contribution < 1.29 is 9.59 Å². The lowest BCUT2D eigenvalue weighted by molar-refractivity contribution is 0.101. The molecule has 1 aliphatic heterocycles. The summed E-state index contributed by atoms with van der Waals surface area (Å²) in [6, 6.07) is 19.8. The first-order chi connectivity index (χ1) is 13.0. The molecule has 0 saturated carbocycles. The van der Waals surface area contributed by atoms with Gasteiger partial charge in [-0.1, -0.05) is 41.6 Å². The van der Waals surface area contributed by atoms with Gasteiger partial charge in [0.25, 0.3) is 0 Å². The average molecular weight is 395 g/mol. The van der Waals surface area contributed by atoms with Crippen LogP contribution in [0, 0.1) is 0 Å². The molecule has 1 N–H and O–H groups in total. The van der Waals surface area contributed by atoms with E-state index in [9.17, 15) is 9.59 Å². The van der Waals surface area contributed by atoms with Crippen molar-refractivity contribution in [1.82, 2.24) is 0 Å². The maximum absolute atomic E-state index is 13.1. The summed E-state index contributed by atoms with van der Waals surface area (Å²) in [5.74, 6) is -0.0419. The first-order valence-corrected chi connectivity index (χ1v) is 9.51. The van der Waals surface area contributed by atoms with Gasteiger partial charge in [-0.15, -0.1) is 0 Å². The molecule has 3 aromatic rings. The lowest BCUT2D eigenvalue weighted by Crippen LogP contribution is -2.32. The van der Waals surface area contributed by atoms with Crippen LogP contribution in [-0.4, -0.2) is 11.8 Å². The Morgan fingerprint density at radius 3 is 2.37 bits per heavy atom. The number of nitrogens with zero attached hydrogens (tertiary/aromatic N) is 1. The quantitative estimate of drug-likeness (QED) is 0.513. The van der Waals surface area contributed by atoms with Gasteiger partial charge in [-0.2, -0.15) is 0 Å². The zero-order valence-electron chi connectivity index (χ0n) is 14.4. The molecule has 2 amide bonds. The number of nitrogens with one attached hydrogen (secondary N) is 1. The van der Waals surface area contributed by atoms with E-state index in [-0.39, 0.29) is 11.8 Å². The first kappa shape index (κ1) is 17.6. The number of anilines is 3. The van der Waals surface area contributed by atoms with E-state index in [0.717, 1.165) is 15.5 Å². The molecule has 0 radical (unpaired) electrons. The predicted octanol–water partition coefficient (Wildman–Crippen LogP) is 6.38. The van der Waals surface area contributed by atoms with Crippen LogP contribution in [-0.2, 0) is 0 Å². The highest BCUT2D eigenvalue weighted by atomic mass is 35.5. The number of benzene rings is 3. The third-order valence-electron chi connectivity index (χ3n) is 4.23. The summed E-state index contributed by atoms with van der Waals surface area (Å²) in [6.07, 6.45) is 0. The molecule has 0 saturated heterocycles. The van der Waals surface area contributed by atoms with Gasteiger partial charge < -0.3 is 5.32 Å². The number of hydrogen-bond acceptors (Lipinski definition) is 3. The first-order valence-electron chi connectivity index (χ1n) is 8.31. The van der Waals surface area contributed by atoms with Gasteiger partial charge in [-0.3, -0.25) is 9.69 Å². The summed E-state index contributed by atoms with van der Waals surface area (Å²) in [7, 11) is 0. The molecule has 0 fully saturated rings. The van der Waals surface area contributed by atoms with Crippen molar-refractivity contribution in [2.75, 3.05) is 10.2 Å². The SMILES string of the molecule is CC(=O)c1ccc2c(c1)N(C(=O)Nc1ccc(Cl)cc1)c1ccccc1S2. The van der Waals surface area contributed by atoms with Gasteiger partial charge in [-0.05, 0) is 55.5 Å². The molecule has 4 nitrogen and oxygen atoms in total. The van der Waals surface area contributed by atoms with Gasteiger partial charge in [-0.25, -0.2) is 4.79 Å². The number of para-hydroxylation sites is 1. The number of urea groups is 1. The number of fused-ring (bicyclic) bond motifs is 2. The molecule has 0 spiro atoms. The van der Waals surface area contributed by atoms with Crippen molar-refractivity contribution in [3.05, 3.63) is 77.3 Å². The molecule has 6 heteroatoms. The normalized spacial score (nSPS) is 12.1. The zero-order valence-corrected chi connectivity index (χ0v) is 16.0. The van der Waals surface area contributed by atoms with Gasteiger partial charge in [0.05, 0.1) is 11.4 Å². The second-order valence-corrected chi connectivity index (χ2v) is 7.60. The molecule has 0 aliphatic carbocycles. The second-order valence-electron chi connectivity index (χ2n) is 6.08.